The van der Waals surface area contributed by atoms with E-state index in [-0.39, 0.29) is 17.2 Å². The van der Waals surface area contributed by atoms with E-state index in [2.05, 4.69) is 43.8 Å². The average molecular weight is 633 g/mol. The minimum absolute atomic E-state index is 0.0802. The zero-order chi connectivity index (χ0) is 28.7. The Kier molecular flexibility index (Phi) is 7.40. The Morgan fingerprint density at radius 2 is 1.93 bits per heavy atom. The summed E-state index contributed by atoms with van der Waals surface area (Å²) in [4.78, 5) is 4.27. The summed E-state index contributed by atoms with van der Waals surface area (Å²) in [5, 5.41) is 18.0. The lowest BCUT2D eigenvalue weighted by molar-refractivity contribution is -0.139. The van der Waals surface area contributed by atoms with E-state index in [9.17, 15) is 22.5 Å². The number of anilines is 1. The van der Waals surface area contributed by atoms with Gasteiger partial charge in [-0.1, -0.05) is 36.9 Å². The number of rotatable bonds is 10. The van der Waals surface area contributed by atoms with Gasteiger partial charge in [0, 0.05) is 36.8 Å². The molecule has 2 N–H and O–H groups in total. The van der Waals surface area contributed by atoms with Crippen LogP contribution in [0.2, 0.25) is 0 Å². The van der Waals surface area contributed by atoms with Crippen LogP contribution in [-0.2, 0) is 15.9 Å². The lowest BCUT2D eigenvalue weighted by Crippen LogP contribution is -2.31. The van der Waals surface area contributed by atoms with Crippen LogP contribution in [0.1, 0.15) is 18.4 Å². The maximum Gasteiger partial charge on any atom is 0.417 e. The number of fused-ring (bicyclic) bond motifs is 1. The number of phenolic OH excluding ortho intramolecular Hbond substituents is 1. The molecule has 1 unspecified atom stereocenters. The Morgan fingerprint density at radius 3 is 2.62 bits per heavy atom. The molecule has 0 fully saturated rings. The van der Waals surface area contributed by atoms with E-state index in [1.807, 2.05) is 0 Å². The molecule has 0 amide bonds. The molecule has 40 heavy (non-hydrogen) atoms. The van der Waals surface area contributed by atoms with Crippen molar-refractivity contribution in [3.8, 4) is 17.0 Å². The highest BCUT2D eigenvalue weighted by Crippen LogP contribution is 2.41. The fourth-order valence-electron chi connectivity index (χ4n) is 4.46. The monoisotopic (exact) mass is 631 g/mol. The number of nitrogens with zero attached hydrogens (tertiary/aromatic N) is 4. The highest BCUT2D eigenvalue weighted by molar-refractivity contribution is 9.10. The number of nitrogens with one attached hydrogen (secondary N) is 1. The van der Waals surface area contributed by atoms with E-state index < -0.39 is 21.4 Å². The largest absolute Gasteiger partial charge is 0.507 e. The third-order valence-electron chi connectivity index (χ3n) is 6.50. The molecule has 1 aliphatic carbocycles. The van der Waals surface area contributed by atoms with Crippen LogP contribution < -0.4 is 5.32 Å². The summed E-state index contributed by atoms with van der Waals surface area (Å²) in [7, 11) is -3.50. The van der Waals surface area contributed by atoms with Crippen molar-refractivity contribution in [2.45, 2.75) is 23.9 Å². The average Bonchev–Trinajstić information content (AvgIpc) is 3.61. The first kappa shape index (κ1) is 27.8. The first-order valence-electron chi connectivity index (χ1n) is 12.2. The van der Waals surface area contributed by atoms with Crippen LogP contribution in [0.5, 0.6) is 5.75 Å². The first-order valence-corrected chi connectivity index (χ1v) is 14.7. The zero-order valence-corrected chi connectivity index (χ0v) is 23.6. The molecule has 1 atom stereocenters. The van der Waals surface area contributed by atoms with Crippen molar-refractivity contribution >= 4 is 43.0 Å². The molecule has 0 radical (unpaired) electrons. The number of phenols is 1. The van der Waals surface area contributed by atoms with Crippen molar-refractivity contribution in [2.75, 3.05) is 18.4 Å². The molecule has 2 heterocycles. The summed E-state index contributed by atoms with van der Waals surface area (Å²) >= 11 is 3.45. The Hall–Kier alpha value is -3.77. The highest BCUT2D eigenvalue weighted by atomic mass is 79.9. The van der Waals surface area contributed by atoms with Crippen molar-refractivity contribution in [3.05, 3.63) is 94.8 Å². The van der Waals surface area contributed by atoms with E-state index in [0.717, 1.165) is 11.6 Å². The minimum Gasteiger partial charge on any atom is -0.507 e. The van der Waals surface area contributed by atoms with Gasteiger partial charge in [-0.25, -0.2) is 9.19 Å². The van der Waals surface area contributed by atoms with Gasteiger partial charge >= 0.3 is 6.18 Å². The van der Waals surface area contributed by atoms with E-state index >= 15 is 0 Å². The number of aromatic nitrogens is 3. The second-order valence-corrected chi connectivity index (χ2v) is 12.2. The molecular formula is C28H25BrF3N5O2S. The van der Waals surface area contributed by atoms with E-state index in [4.69, 9.17) is 0 Å². The summed E-state index contributed by atoms with van der Waals surface area (Å²) in [5.74, 6) is 4.47. The Morgan fingerprint density at radius 1 is 1.20 bits per heavy atom. The van der Waals surface area contributed by atoms with Crippen LogP contribution in [0, 0.1) is 0 Å². The number of para-hydroxylation sites is 1. The van der Waals surface area contributed by atoms with Crippen LogP contribution in [0.3, 0.4) is 0 Å². The van der Waals surface area contributed by atoms with Gasteiger partial charge in [0.15, 0.2) is 5.65 Å². The van der Waals surface area contributed by atoms with Gasteiger partial charge in [-0.15, -0.1) is 0 Å². The fourth-order valence-corrected chi connectivity index (χ4v) is 6.83. The van der Waals surface area contributed by atoms with Crippen LogP contribution in [0.25, 0.3) is 16.9 Å². The number of benzene rings is 2. The zero-order valence-electron chi connectivity index (χ0n) is 21.2. The predicted molar refractivity (Wildman–Crippen MR) is 154 cm³/mol. The first-order chi connectivity index (χ1) is 19.0. The van der Waals surface area contributed by atoms with Crippen LogP contribution in [0.4, 0.5) is 19.0 Å². The molecule has 2 aromatic carbocycles. The summed E-state index contributed by atoms with van der Waals surface area (Å²) in [5.41, 5.74) is 2.16. The normalized spacial score (nSPS) is 14.7. The molecule has 5 rings (SSSR count). The number of aromatic hydroxyl groups is 1. The summed E-state index contributed by atoms with van der Waals surface area (Å²) < 4.78 is 59.0. The van der Waals surface area contributed by atoms with Gasteiger partial charge in [0.05, 0.1) is 36.5 Å². The molecule has 12 heteroatoms. The summed E-state index contributed by atoms with van der Waals surface area (Å²) in [6.45, 7) is 4.31. The molecule has 4 aromatic rings. The lowest BCUT2D eigenvalue weighted by Gasteiger charge is -2.28. The molecule has 2 aromatic heterocycles. The predicted octanol–water partition coefficient (Wildman–Crippen LogP) is 6.52. The Labute approximate surface area is 237 Å². The third-order valence-corrected chi connectivity index (χ3v) is 9.21. The van der Waals surface area contributed by atoms with Gasteiger partial charge in [-0.2, -0.15) is 22.8 Å². The second kappa shape index (κ2) is 10.7. The van der Waals surface area contributed by atoms with Crippen LogP contribution in [0.15, 0.2) is 94.1 Å². The van der Waals surface area contributed by atoms with Crippen LogP contribution >= 0.6 is 15.9 Å². The number of alkyl halides is 3. The topological polar surface area (TPSA) is 82.8 Å². The lowest BCUT2D eigenvalue weighted by atomic mass is 10.1. The van der Waals surface area contributed by atoms with E-state index in [0.29, 0.717) is 52.3 Å². The minimum atomic E-state index is -4.67. The van der Waals surface area contributed by atoms with Gasteiger partial charge in [0.1, 0.15) is 11.6 Å². The molecule has 7 nitrogen and oxygen atoms in total. The van der Waals surface area contributed by atoms with Gasteiger partial charge in [-0.3, -0.25) is 4.31 Å². The Bertz CT molecular complexity index is 1750. The van der Waals surface area contributed by atoms with E-state index in [1.165, 1.54) is 22.5 Å². The molecule has 1 aliphatic rings. The number of halogens is 4. The van der Waals surface area contributed by atoms with Crippen LogP contribution in [-0.4, -0.2) is 47.2 Å². The van der Waals surface area contributed by atoms with E-state index in [1.54, 1.807) is 47.1 Å². The molecule has 0 saturated heterocycles. The smallest absolute Gasteiger partial charge is 0.417 e. The molecule has 0 saturated carbocycles. The van der Waals surface area contributed by atoms with Crippen molar-refractivity contribution in [1.82, 2.24) is 18.9 Å². The van der Waals surface area contributed by atoms with Crippen molar-refractivity contribution in [3.63, 3.8) is 0 Å². The third kappa shape index (κ3) is 5.33. The highest BCUT2D eigenvalue weighted by Gasteiger charge is 2.38. The summed E-state index contributed by atoms with van der Waals surface area (Å²) in [6, 6.07) is 13.5. The second-order valence-electron chi connectivity index (χ2n) is 9.14. The maximum atomic E-state index is 13.9. The van der Waals surface area contributed by atoms with Gasteiger partial charge in [0.25, 0.3) is 0 Å². The summed E-state index contributed by atoms with van der Waals surface area (Å²) in [6.07, 6.45) is -0.522. The molecule has 0 spiro atoms. The standard InChI is InChI=1S/C28H25BrF3N5O2S/c1-3-18-15-23(18)36(40(2,39)25-12-7-5-10-20(25)28(30,31)32)14-8-13-33-26-16-22(19-9-4-6-11-24(19)38)35-27-21(29)17-34-37(26)27/h3-7,9-12,16-17,33,38H,1-2,8,13-15H2. The quantitative estimate of drug-likeness (QED) is 0.154. The molecule has 0 bridgehead atoms. The maximum absolute atomic E-state index is 13.9. The number of allylic oxidation sites excluding steroid dienone is 3. The molecule has 208 valence electrons. The molecule has 0 aliphatic heterocycles. The Balaban J connectivity index is 1.40. The van der Waals surface area contributed by atoms with Gasteiger partial charge < -0.3 is 10.4 Å². The van der Waals surface area contributed by atoms with Crippen molar-refractivity contribution < 1.29 is 22.5 Å². The van der Waals surface area contributed by atoms with Gasteiger partial charge in [0.2, 0.25) is 0 Å². The van der Waals surface area contributed by atoms with Crippen molar-refractivity contribution in [1.29, 1.82) is 0 Å². The fraction of sp³-hybridized carbons (Fsp3) is 0.179. The SMILES string of the molecule is C=CC1=C(N(CCCNc2cc(-c3ccccc3O)nc3c(Br)cnn23)S(=C)(=O)c2ccccc2C(F)(F)F)C1. The number of hydrogen-bond acceptors (Lipinski definition) is 5. The van der Waals surface area contributed by atoms with Crippen molar-refractivity contribution in [2.24, 2.45) is 0 Å². The van der Waals surface area contributed by atoms with Gasteiger partial charge in [-0.05, 0) is 58.1 Å². The molecular weight excluding hydrogens is 607 g/mol. The number of hydrogen-bond donors (Lipinski definition) is 2.